The number of rotatable bonds is 5. The molecule has 0 bridgehead atoms. The monoisotopic (exact) mass is 262 g/mol. The van der Waals surface area contributed by atoms with E-state index >= 15 is 0 Å². The molecular weight excluding hydrogens is 244 g/mol. The summed E-state index contributed by atoms with van der Waals surface area (Å²) in [6.45, 7) is 0.137. The van der Waals surface area contributed by atoms with E-state index in [1.807, 2.05) is 12.1 Å². The third kappa shape index (κ3) is 2.41. The average Bonchev–Trinajstić information content (AvgIpc) is 3.15. The third-order valence-corrected chi connectivity index (χ3v) is 4.80. The summed E-state index contributed by atoms with van der Waals surface area (Å²) < 4.78 is 0. The zero-order chi connectivity index (χ0) is 12.5. The first-order valence-corrected chi connectivity index (χ1v) is 7.27. The molecule has 0 aliphatic heterocycles. The topological polar surface area (TPSA) is 62.0 Å². The highest BCUT2D eigenvalue weighted by molar-refractivity contribution is 8.00. The molecule has 4 N–H and O–H groups in total. The smallest absolute Gasteiger partial charge is 0.0736 e. The normalized spacial score (nSPS) is 19.0. The molecule has 18 heavy (non-hydrogen) atoms. The average molecular weight is 262 g/mol. The van der Waals surface area contributed by atoms with Crippen molar-refractivity contribution in [2.45, 2.75) is 29.2 Å². The van der Waals surface area contributed by atoms with Gasteiger partial charge in [0.25, 0.3) is 0 Å². The number of H-pyrrole nitrogens is 1. The SMILES string of the molecule is NC(C1CC1)C(CO)Sc1cc2ccccc2[nH]1. The minimum absolute atomic E-state index is 0.0885. The number of aromatic nitrogens is 1. The zero-order valence-corrected chi connectivity index (χ0v) is 11.0. The largest absolute Gasteiger partial charge is 0.395 e. The molecule has 96 valence electrons. The Balaban J connectivity index is 1.77. The lowest BCUT2D eigenvalue weighted by atomic mass is 10.1. The van der Waals surface area contributed by atoms with Crippen LogP contribution in [0.3, 0.4) is 0 Å². The van der Waals surface area contributed by atoms with E-state index < -0.39 is 0 Å². The Bertz CT molecular complexity index is 502. The van der Waals surface area contributed by atoms with Crippen LogP contribution in [0.15, 0.2) is 35.4 Å². The van der Waals surface area contributed by atoms with Gasteiger partial charge in [0.15, 0.2) is 0 Å². The van der Waals surface area contributed by atoms with Crippen molar-refractivity contribution >= 4 is 22.7 Å². The van der Waals surface area contributed by atoms with E-state index in [1.54, 1.807) is 11.8 Å². The first-order chi connectivity index (χ1) is 8.78. The number of hydrogen-bond donors (Lipinski definition) is 3. The molecule has 2 unspecified atom stereocenters. The van der Waals surface area contributed by atoms with Crippen molar-refractivity contribution in [2.75, 3.05) is 6.61 Å². The number of nitrogens with one attached hydrogen (secondary N) is 1. The van der Waals surface area contributed by atoms with E-state index in [4.69, 9.17) is 5.73 Å². The highest BCUT2D eigenvalue weighted by atomic mass is 32.2. The Morgan fingerprint density at radius 3 is 2.83 bits per heavy atom. The Morgan fingerprint density at radius 1 is 1.39 bits per heavy atom. The van der Waals surface area contributed by atoms with Crippen LogP contribution < -0.4 is 5.73 Å². The Kier molecular flexibility index (Phi) is 3.33. The predicted octanol–water partition coefficient (Wildman–Crippen LogP) is 2.36. The summed E-state index contributed by atoms with van der Waals surface area (Å²) in [6, 6.07) is 10.4. The lowest BCUT2D eigenvalue weighted by Crippen LogP contribution is -2.36. The van der Waals surface area contributed by atoms with Gasteiger partial charge in [-0.1, -0.05) is 18.2 Å². The summed E-state index contributed by atoms with van der Waals surface area (Å²) in [6.07, 6.45) is 2.43. The van der Waals surface area contributed by atoms with Crippen molar-refractivity contribution in [3.05, 3.63) is 30.3 Å². The van der Waals surface area contributed by atoms with Gasteiger partial charge in [-0.3, -0.25) is 0 Å². The van der Waals surface area contributed by atoms with Crippen LogP contribution in [0.1, 0.15) is 12.8 Å². The van der Waals surface area contributed by atoms with Gasteiger partial charge in [0.2, 0.25) is 0 Å². The number of para-hydroxylation sites is 1. The van der Waals surface area contributed by atoms with E-state index in [-0.39, 0.29) is 17.9 Å². The second-order valence-electron chi connectivity index (χ2n) is 4.97. The van der Waals surface area contributed by atoms with Gasteiger partial charge in [-0.05, 0) is 30.9 Å². The first-order valence-electron chi connectivity index (χ1n) is 6.39. The fourth-order valence-electron chi connectivity index (χ4n) is 2.30. The van der Waals surface area contributed by atoms with E-state index in [0.717, 1.165) is 10.5 Å². The highest BCUT2D eigenvalue weighted by Gasteiger charge is 2.34. The van der Waals surface area contributed by atoms with Crippen molar-refractivity contribution in [3.8, 4) is 0 Å². The molecule has 1 heterocycles. The van der Waals surface area contributed by atoms with Gasteiger partial charge in [-0.15, -0.1) is 11.8 Å². The number of benzene rings is 1. The van der Waals surface area contributed by atoms with Gasteiger partial charge < -0.3 is 15.8 Å². The zero-order valence-electron chi connectivity index (χ0n) is 10.2. The number of nitrogens with two attached hydrogens (primary N) is 1. The Labute approximate surface area is 111 Å². The van der Waals surface area contributed by atoms with Crippen LogP contribution in [0.25, 0.3) is 10.9 Å². The summed E-state index contributed by atoms with van der Waals surface area (Å²) in [5, 5.41) is 11.9. The molecule has 2 atom stereocenters. The lowest BCUT2D eigenvalue weighted by molar-refractivity contribution is 0.277. The summed E-state index contributed by atoms with van der Waals surface area (Å²) in [5.74, 6) is 0.610. The molecule has 1 fully saturated rings. The summed E-state index contributed by atoms with van der Waals surface area (Å²) in [4.78, 5) is 3.37. The maximum Gasteiger partial charge on any atom is 0.0736 e. The first kappa shape index (κ1) is 12.1. The molecule has 1 aromatic carbocycles. The quantitative estimate of drug-likeness (QED) is 0.725. The van der Waals surface area contributed by atoms with Crippen molar-refractivity contribution in [3.63, 3.8) is 0 Å². The molecule has 2 aromatic rings. The lowest BCUT2D eigenvalue weighted by Gasteiger charge is -2.20. The van der Waals surface area contributed by atoms with Gasteiger partial charge in [0, 0.05) is 22.2 Å². The molecule has 1 aliphatic rings. The van der Waals surface area contributed by atoms with Crippen LogP contribution in [-0.2, 0) is 0 Å². The number of aromatic amines is 1. The summed E-state index contributed by atoms with van der Waals surface area (Å²) in [5.41, 5.74) is 7.32. The number of fused-ring (bicyclic) bond motifs is 1. The van der Waals surface area contributed by atoms with Crippen LogP contribution in [-0.4, -0.2) is 28.0 Å². The minimum atomic E-state index is 0.0885. The molecule has 0 radical (unpaired) electrons. The predicted molar refractivity (Wildman–Crippen MR) is 75.7 cm³/mol. The molecule has 3 nitrogen and oxygen atoms in total. The maximum absolute atomic E-state index is 9.49. The minimum Gasteiger partial charge on any atom is -0.395 e. The van der Waals surface area contributed by atoms with Crippen LogP contribution in [0, 0.1) is 5.92 Å². The van der Waals surface area contributed by atoms with Gasteiger partial charge in [0.05, 0.1) is 11.6 Å². The maximum atomic E-state index is 9.49. The van der Waals surface area contributed by atoms with Crippen molar-refractivity contribution in [1.82, 2.24) is 4.98 Å². The number of hydrogen-bond acceptors (Lipinski definition) is 3. The van der Waals surface area contributed by atoms with Crippen LogP contribution in [0.4, 0.5) is 0 Å². The summed E-state index contributed by atoms with van der Waals surface area (Å²) in [7, 11) is 0. The Hall–Kier alpha value is -0.970. The Morgan fingerprint density at radius 2 is 2.17 bits per heavy atom. The molecule has 1 saturated carbocycles. The van der Waals surface area contributed by atoms with Crippen molar-refractivity contribution < 1.29 is 5.11 Å². The third-order valence-electron chi connectivity index (χ3n) is 3.56. The van der Waals surface area contributed by atoms with Gasteiger partial charge in [-0.2, -0.15) is 0 Å². The number of aliphatic hydroxyl groups excluding tert-OH is 1. The molecule has 4 heteroatoms. The van der Waals surface area contributed by atoms with E-state index in [2.05, 4.69) is 23.2 Å². The van der Waals surface area contributed by atoms with Gasteiger partial charge in [0.1, 0.15) is 0 Å². The molecule has 1 aromatic heterocycles. The second-order valence-corrected chi connectivity index (χ2v) is 6.26. The van der Waals surface area contributed by atoms with E-state index in [1.165, 1.54) is 18.2 Å². The van der Waals surface area contributed by atoms with E-state index in [0.29, 0.717) is 5.92 Å². The molecule has 3 rings (SSSR count). The van der Waals surface area contributed by atoms with Crippen LogP contribution >= 0.6 is 11.8 Å². The van der Waals surface area contributed by atoms with Crippen molar-refractivity contribution in [1.29, 1.82) is 0 Å². The summed E-state index contributed by atoms with van der Waals surface area (Å²) >= 11 is 1.66. The molecule has 0 spiro atoms. The second kappa shape index (κ2) is 4.96. The fourth-order valence-corrected chi connectivity index (χ4v) is 3.44. The highest BCUT2D eigenvalue weighted by Crippen LogP contribution is 2.37. The standard InChI is InChI=1S/C14H18N2OS/c15-14(9-5-6-9)12(8-17)18-13-7-10-3-1-2-4-11(10)16-13/h1-4,7,9,12,14,16-17H,5-6,8,15H2. The fraction of sp³-hybridized carbons (Fsp3) is 0.429. The number of thioether (sulfide) groups is 1. The molecular formula is C14H18N2OS. The molecule has 1 aliphatic carbocycles. The molecule has 0 saturated heterocycles. The number of aliphatic hydroxyl groups is 1. The van der Waals surface area contributed by atoms with E-state index in [9.17, 15) is 5.11 Å². The molecule has 0 amide bonds. The van der Waals surface area contributed by atoms with Crippen LogP contribution in [0.2, 0.25) is 0 Å². The van der Waals surface area contributed by atoms with Crippen molar-refractivity contribution in [2.24, 2.45) is 11.7 Å². The van der Waals surface area contributed by atoms with Gasteiger partial charge in [-0.25, -0.2) is 0 Å². The van der Waals surface area contributed by atoms with Crippen LogP contribution in [0.5, 0.6) is 0 Å². The van der Waals surface area contributed by atoms with Gasteiger partial charge >= 0.3 is 0 Å².